The van der Waals surface area contributed by atoms with E-state index in [2.05, 4.69) is 0 Å². The van der Waals surface area contributed by atoms with Crippen LogP contribution in [0, 0.1) is 0 Å². The van der Waals surface area contributed by atoms with Crippen molar-refractivity contribution in [2.24, 2.45) is 0 Å². The Hall–Kier alpha value is -0.130. The normalized spacial score (nSPS) is 14.3. The van der Waals surface area contributed by atoms with Gasteiger partial charge in [-0.1, -0.05) is 30.3 Å². The van der Waals surface area contributed by atoms with E-state index in [0.29, 0.717) is 5.75 Å². The van der Waals surface area contributed by atoms with Gasteiger partial charge in [0.1, 0.15) is 11.5 Å². The number of rotatable bonds is 9. The summed E-state index contributed by atoms with van der Waals surface area (Å²) in [4.78, 5) is 36.4. The van der Waals surface area contributed by atoms with Crippen LogP contribution in [0.2, 0.25) is 0 Å². The third-order valence-corrected chi connectivity index (χ3v) is 9.37. The minimum atomic E-state index is -4.79. The van der Waals surface area contributed by atoms with E-state index < -0.39 is 31.5 Å². The molecule has 0 bridgehead atoms. The lowest BCUT2D eigenvalue weighted by atomic mass is 10.1. The molecule has 0 radical (unpaired) electrons. The van der Waals surface area contributed by atoms with E-state index in [4.69, 9.17) is 19.6 Å². The molecule has 0 aliphatic heterocycles. The maximum atomic E-state index is 11.2. The molecule has 4 N–H and O–H groups in total. The second-order valence-electron chi connectivity index (χ2n) is 5.25. The van der Waals surface area contributed by atoms with Crippen molar-refractivity contribution >= 4 is 26.1 Å². The summed E-state index contributed by atoms with van der Waals surface area (Å²) in [6.45, 7) is 0. The minimum Gasteiger partial charge on any atom is -0.324 e. The lowest BCUT2D eigenvalue weighted by molar-refractivity contribution is 0.342. The van der Waals surface area contributed by atoms with Crippen molar-refractivity contribution in [3.05, 3.63) is 35.9 Å². The summed E-state index contributed by atoms with van der Waals surface area (Å²) < 4.78 is 22.5. The van der Waals surface area contributed by atoms with Gasteiger partial charge in [0.2, 0.25) is 5.40 Å². The van der Waals surface area contributed by atoms with Crippen molar-refractivity contribution < 1.29 is 28.7 Å². The molecule has 1 unspecified atom stereocenters. The third-order valence-electron chi connectivity index (χ3n) is 3.26. The number of hydrogen-bond donors (Lipinski definition) is 4. The Bertz CT molecular complexity index is 519. The standard InChI is InChI=1S/C13H22O6P2S/c1-22(11-13(20(14,15)16)21(17,18)19)10-6-5-9-12-7-3-2-4-8-12/h2-4,7-8,13H,5-6,9-11H2,1H3,(H3-,14,15,16,17,18,19)/p+1. The van der Waals surface area contributed by atoms with Gasteiger partial charge in [0.15, 0.2) is 0 Å². The number of benzene rings is 1. The molecule has 0 aliphatic carbocycles. The van der Waals surface area contributed by atoms with E-state index in [-0.39, 0.29) is 5.75 Å². The van der Waals surface area contributed by atoms with E-state index in [1.807, 2.05) is 30.3 Å². The zero-order chi connectivity index (χ0) is 16.8. The van der Waals surface area contributed by atoms with Gasteiger partial charge < -0.3 is 19.6 Å². The van der Waals surface area contributed by atoms with Crippen LogP contribution in [0.1, 0.15) is 18.4 Å². The van der Waals surface area contributed by atoms with E-state index in [9.17, 15) is 9.13 Å². The van der Waals surface area contributed by atoms with Crippen LogP contribution < -0.4 is 0 Å². The molecule has 126 valence electrons. The van der Waals surface area contributed by atoms with Crippen molar-refractivity contribution in [2.75, 3.05) is 17.8 Å². The number of aryl methyl sites for hydroxylation is 1. The Kier molecular flexibility index (Phi) is 7.83. The van der Waals surface area contributed by atoms with Gasteiger partial charge in [0.05, 0.1) is 6.26 Å². The lowest BCUT2D eigenvalue weighted by Crippen LogP contribution is -2.23. The monoisotopic (exact) mass is 369 g/mol. The van der Waals surface area contributed by atoms with Crippen LogP contribution in [0.3, 0.4) is 0 Å². The molecule has 22 heavy (non-hydrogen) atoms. The van der Waals surface area contributed by atoms with E-state index in [0.717, 1.165) is 19.3 Å². The molecule has 0 aliphatic rings. The Labute approximate surface area is 133 Å². The quantitative estimate of drug-likeness (QED) is 0.300. The summed E-state index contributed by atoms with van der Waals surface area (Å²) in [5, 5.41) is -1.87. The lowest BCUT2D eigenvalue weighted by Gasteiger charge is -2.18. The molecule has 1 rings (SSSR count). The van der Waals surface area contributed by atoms with Gasteiger partial charge in [-0.3, -0.25) is 9.13 Å². The first kappa shape index (κ1) is 19.9. The summed E-state index contributed by atoms with van der Waals surface area (Å²) >= 11 is 0. The molecule has 0 saturated heterocycles. The number of hydrogen-bond acceptors (Lipinski definition) is 2. The average Bonchev–Trinajstić information content (AvgIpc) is 2.40. The van der Waals surface area contributed by atoms with Crippen LogP contribution >= 0.6 is 15.2 Å². The Balaban J connectivity index is 2.40. The van der Waals surface area contributed by atoms with Crippen molar-refractivity contribution in [1.82, 2.24) is 0 Å². The van der Waals surface area contributed by atoms with E-state index >= 15 is 0 Å². The van der Waals surface area contributed by atoms with Crippen molar-refractivity contribution in [2.45, 2.75) is 24.7 Å². The van der Waals surface area contributed by atoms with Crippen molar-refractivity contribution in [3.8, 4) is 0 Å². The van der Waals surface area contributed by atoms with Gasteiger partial charge in [-0.25, -0.2) is 0 Å². The summed E-state index contributed by atoms with van der Waals surface area (Å²) in [5.74, 6) is 0.573. The molecular formula is C13H23O6P2S+. The first-order valence-electron chi connectivity index (χ1n) is 6.84. The third kappa shape index (κ3) is 7.42. The highest BCUT2D eigenvalue weighted by Gasteiger charge is 2.47. The second kappa shape index (κ2) is 8.65. The molecule has 0 saturated carbocycles. The van der Waals surface area contributed by atoms with E-state index in [1.165, 1.54) is 5.56 Å². The van der Waals surface area contributed by atoms with Crippen LogP contribution in [-0.2, 0) is 26.4 Å². The molecule has 1 aromatic carbocycles. The number of unbranched alkanes of at least 4 members (excludes halogenated alkanes) is 1. The predicted molar refractivity (Wildman–Crippen MR) is 90.3 cm³/mol. The van der Waals surface area contributed by atoms with Crippen LogP contribution in [0.5, 0.6) is 0 Å². The zero-order valence-electron chi connectivity index (χ0n) is 12.4. The van der Waals surface area contributed by atoms with Gasteiger partial charge in [-0.15, -0.1) is 0 Å². The molecule has 0 aromatic heterocycles. The van der Waals surface area contributed by atoms with Crippen LogP contribution in [0.25, 0.3) is 0 Å². The molecule has 0 spiro atoms. The predicted octanol–water partition coefficient (Wildman–Crippen LogP) is 1.94. The van der Waals surface area contributed by atoms with Crippen LogP contribution in [0.4, 0.5) is 0 Å². The maximum absolute atomic E-state index is 11.2. The molecule has 0 heterocycles. The molecule has 6 nitrogen and oxygen atoms in total. The molecular weight excluding hydrogens is 346 g/mol. The maximum Gasteiger partial charge on any atom is 0.345 e. The van der Waals surface area contributed by atoms with E-state index in [1.54, 1.807) is 6.26 Å². The topological polar surface area (TPSA) is 115 Å². The first-order chi connectivity index (χ1) is 10.1. The highest BCUT2D eigenvalue weighted by Crippen LogP contribution is 2.60. The molecule has 1 atom stereocenters. The average molecular weight is 369 g/mol. The van der Waals surface area contributed by atoms with Gasteiger partial charge in [0, 0.05) is 0 Å². The second-order valence-corrected chi connectivity index (χ2v) is 11.6. The summed E-state index contributed by atoms with van der Waals surface area (Å²) in [6, 6.07) is 10.00. The van der Waals surface area contributed by atoms with Gasteiger partial charge in [0.25, 0.3) is 0 Å². The largest absolute Gasteiger partial charge is 0.345 e. The fraction of sp³-hybridized carbons (Fsp3) is 0.538. The summed E-state index contributed by atoms with van der Waals surface area (Å²) in [5.41, 5.74) is 1.24. The Morgan fingerprint density at radius 2 is 1.55 bits per heavy atom. The Morgan fingerprint density at radius 1 is 1.00 bits per heavy atom. The highest BCUT2D eigenvalue weighted by atomic mass is 32.2. The fourth-order valence-electron chi connectivity index (χ4n) is 2.05. The molecule has 0 fully saturated rings. The van der Waals surface area contributed by atoms with Gasteiger partial charge >= 0.3 is 15.2 Å². The smallest absolute Gasteiger partial charge is 0.324 e. The first-order valence-corrected chi connectivity index (χ1v) is 12.2. The SMILES string of the molecule is C[S+](CCCCc1ccccc1)CC(P(=O)(O)O)P(=O)(O)O. The zero-order valence-corrected chi connectivity index (χ0v) is 15.0. The molecule has 1 aromatic rings. The van der Waals surface area contributed by atoms with Gasteiger partial charge in [-0.2, -0.15) is 0 Å². The highest BCUT2D eigenvalue weighted by molar-refractivity contribution is 7.97. The fourth-order valence-corrected chi connectivity index (χ4v) is 8.07. The van der Waals surface area contributed by atoms with Crippen LogP contribution in [0.15, 0.2) is 30.3 Å². The van der Waals surface area contributed by atoms with Crippen molar-refractivity contribution in [3.63, 3.8) is 0 Å². The Morgan fingerprint density at radius 3 is 2.05 bits per heavy atom. The molecule has 0 amide bonds. The van der Waals surface area contributed by atoms with Gasteiger partial charge in [-0.05, 0) is 35.7 Å². The summed E-state index contributed by atoms with van der Waals surface area (Å²) in [7, 11) is -10.0. The summed E-state index contributed by atoms with van der Waals surface area (Å²) in [6.07, 6.45) is 4.53. The van der Waals surface area contributed by atoms with Crippen LogP contribution in [-0.4, -0.2) is 42.7 Å². The minimum absolute atomic E-state index is 0.139. The molecule has 9 heteroatoms. The van der Waals surface area contributed by atoms with Crippen molar-refractivity contribution in [1.29, 1.82) is 0 Å².